The topological polar surface area (TPSA) is 30.5 Å². The van der Waals surface area contributed by atoms with Crippen LogP contribution in [0, 0.1) is 19.7 Å². The lowest BCUT2D eigenvalue weighted by molar-refractivity contribution is 0.280. The minimum Gasteiger partial charge on any atom is -0.493 e. The lowest BCUT2D eigenvalue weighted by Gasteiger charge is -2.15. The van der Waals surface area contributed by atoms with E-state index in [0.29, 0.717) is 28.6 Å². The first-order valence-corrected chi connectivity index (χ1v) is 9.39. The van der Waals surface area contributed by atoms with Gasteiger partial charge < -0.3 is 14.8 Å². The number of aryl methyl sites for hydroxylation is 2. The van der Waals surface area contributed by atoms with Crippen LogP contribution in [0.15, 0.2) is 54.6 Å². The molecule has 0 aliphatic heterocycles. The van der Waals surface area contributed by atoms with Gasteiger partial charge in [0.25, 0.3) is 0 Å². The van der Waals surface area contributed by atoms with Crippen molar-refractivity contribution in [3.05, 3.63) is 87.7 Å². The highest BCUT2D eigenvalue weighted by atomic mass is 35.5. The van der Waals surface area contributed by atoms with Gasteiger partial charge in [-0.15, -0.1) is 0 Å². The summed E-state index contributed by atoms with van der Waals surface area (Å²) in [4.78, 5) is 0. The van der Waals surface area contributed by atoms with Gasteiger partial charge in [0, 0.05) is 17.8 Å². The minimum atomic E-state index is -0.313. The van der Waals surface area contributed by atoms with E-state index in [1.165, 1.54) is 17.2 Å². The average molecular weight is 400 g/mol. The number of nitrogens with one attached hydrogen (secondary N) is 1. The molecule has 0 amide bonds. The SMILES string of the molecule is COc1cc(CNc2ccc(C)c(C)c2)cc(Cl)c1OCc1ccccc1F. The molecule has 3 nitrogen and oxygen atoms in total. The van der Waals surface area contributed by atoms with Gasteiger partial charge in [-0.25, -0.2) is 4.39 Å². The van der Waals surface area contributed by atoms with Crippen LogP contribution in [0.2, 0.25) is 5.02 Å². The Bertz CT molecular complexity index is 975. The smallest absolute Gasteiger partial charge is 0.180 e. The molecule has 0 saturated carbocycles. The lowest BCUT2D eigenvalue weighted by atomic mass is 10.1. The Balaban J connectivity index is 1.73. The molecule has 0 spiro atoms. The predicted molar refractivity (Wildman–Crippen MR) is 112 cm³/mol. The summed E-state index contributed by atoms with van der Waals surface area (Å²) in [5.41, 5.74) is 4.95. The molecular formula is C23H23ClFNO2. The molecule has 3 aromatic carbocycles. The zero-order valence-electron chi connectivity index (χ0n) is 16.2. The fraction of sp³-hybridized carbons (Fsp3) is 0.217. The Hall–Kier alpha value is -2.72. The molecule has 5 heteroatoms. The van der Waals surface area contributed by atoms with Crippen LogP contribution in [0.1, 0.15) is 22.3 Å². The number of ether oxygens (including phenoxy) is 2. The highest BCUT2D eigenvalue weighted by Crippen LogP contribution is 2.37. The normalized spacial score (nSPS) is 10.6. The first-order valence-electron chi connectivity index (χ1n) is 9.01. The van der Waals surface area contributed by atoms with Gasteiger partial charge in [0.2, 0.25) is 0 Å². The summed E-state index contributed by atoms with van der Waals surface area (Å²) in [6.45, 7) is 4.83. The van der Waals surface area contributed by atoms with Crippen LogP contribution in [0.5, 0.6) is 11.5 Å². The Labute approximate surface area is 170 Å². The second-order valence-electron chi connectivity index (χ2n) is 6.64. The van der Waals surface area contributed by atoms with E-state index < -0.39 is 0 Å². The van der Waals surface area contributed by atoms with E-state index in [-0.39, 0.29) is 12.4 Å². The summed E-state index contributed by atoms with van der Waals surface area (Å²) >= 11 is 6.42. The van der Waals surface area contributed by atoms with E-state index >= 15 is 0 Å². The minimum absolute atomic E-state index is 0.0724. The van der Waals surface area contributed by atoms with Crippen molar-refractivity contribution in [2.24, 2.45) is 0 Å². The third-order valence-electron chi connectivity index (χ3n) is 4.62. The van der Waals surface area contributed by atoms with E-state index in [1.54, 1.807) is 25.3 Å². The van der Waals surface area contributed by atoms with Gasteiger partial charge in [-0.2, -0.15) is 0 Å². The number of hydrogen-bond donors (Lipinski definition) is 1. The van der Waals surface area contributed by atoms with Gasteiger partial charge in [-0.1, -0.05) is 35.9 Å². The molecule has 28 heavy (non-hydrogen) atoms. The first-order chi connectivity index (χ1) is 13.5. The van der Waals surface area contributed by atoms with E-state index in [4.69, 9.17) is 21.1 Å². The highest BCUT2D eigenvalue weighted by Gasteiger charge is 2.13. The molecule has 0 heterocycles. The van der Waals surface area contributed by atoms with Gasteiger partial charge in [0.05, 0.1) is 12.1 Å². The van der Waals surface area contributed by atoms with Crippen LogP contribution >= 0.6 is 11.6 Å². The standard InChI is InChI=1S/C23H23ClFNO2/c1-15-8-9-19(10-16(15)2)26-13-17-11-20(24)23(22(12-17)27-3)28-14-18-6-4-5-7-21(18)25/h4-12,26H,13-14H2,1-3H3. The van der Waals surface area contributed by atoms with Gasteiger partial charge >= 0.3 is 0 Å². The molecule has 146 valence electrons. The van der Waals surface area contributed by atoms with Crippen molar-refractivity contribution in [1.29, 1.82) is 0 Å². The molecule has 0 saturated heterocycles. The first kappa shape index (κ1) is 20.0. The Morgan fingerprint density at radius 2 is 1.79 bits per heavy atom. The molecule has 0 bridgehead atoms. The summed E-state index contributed by atoms with van der Waals surface area (Å²) in [6.07, 6.45) is 0. The predicted octanol–water partition coefficient (Wildman–Crippen LogP) is 6.30. The zero-order chi connectivity index (χ0) is 20.1. The van der Waals surface area contributed by atoms with Crippen molar-refractivity contribution in [3.63, 3.8) is 0 Å². The number of halogens is 2. The largest absolute Gasteiger partial charge is 0.493 e. The molecule has 0 aliphatic rings. The number of rotatable bonds is 7. The molecule has 0 radical (unpaired) electrons. The molecule has 0 unspecified atom stereocenters. The van der Waals surface area contributed by atoms with Crippen molar-refractivity contribution in [3.8, 4) is 11.5 Å². The fourth-order valence-electron chi connectivity index (χ4n) is 2.84. The van der Waals surface area contributed by atoms with Crippen molar-refractivity contribution in [1.82, 2.24) is 0 Å². The number of methoxy groups -OCH3 is 1. The van der Waals surface area contributed by atoms with Crippen LogP contribution in [0.25, 0.3) is 0 Å². The molecule has 1 N–H and O–H groups in total. The summed E-state index contributed by atoms with van der Waals surface area (Å²) in [7, 11) is 1.56. The quantitative estimate of drug-likeness (QED) is 0.506. The second kappa shape index (κ2) is 8.98. The summed E-state index contributed by atoms with van der Waals surface area (Å²) in [6, 6.07) is 16.4. The summed E-state index contributed by atoms with van der Waals surface area (Å²) < 4.78 is 25.0. The fourth-order valence-corrected chi connectivity index (χ4v) is 3.12. The zero-order valence-corrected chi connectivity index (χ0v) is 16.9. The van der Waals surface area contributed by atoms with Crippen LogP contribution in [-0.2, 0) is 13.2 Å². The van der Waals surface area contributed by atoms with Crippen molar-refractivity contribution in [2.45, 2.75) is 27.0 Å². The third-order valence-corrected chi connectivity index (χ3v) is 4.90. The van der Waals surface area contributed by atoms with Crippen molar-refractivity contribution < 1.29 is 13.9 Å². The van der Waals surface area contributed by atoms with E-state index in [1.807, 2.05) is 18.2 Å². The van der Waals surface area contributed by atoms with Crippen molar-refractivity contribution in [2.75, 3.05) is 12.4 Å². The Kier molecular flexibility index (Phi) is 6.42. The van der Waals surface area contributed by atoms with E-state index in [0.717, 1.165) is 11.3 Å². The van der Waals surface area contributed by atoms with Gasteiger partial charge in [0.1, 0.15) is 12.4 Å². The maximum absolute atomic E-state index is 13.8. The maximum atomic E-state index is 13.8. The molecule has 0 aliphatic carbocycles. The van der Waals surface area contributed by atoms with Gasteiger partial charge in [0.15, 0.2) is 11.5 Å². The maximum Gasteiger partial charge on any atom is 0.180 e. The summed E-state index contributed by atoms with van der Waals surface area (Å²) in [5.74, 6) is 0.606. The third kappa shape index (κ3) is 4.76. The second-order valence-corrected chi connectivity index (χ2v) is 7.05. The van der Waals surface area contributed by atoms with Crippen LogP contribution in [0.3, 0.4) is 0 Å². The van der Waals surface area contributed by atoms with Gasteiger partial charge in [-0.3, -0.25) is 0 Å². The number of benzene rings is 3. The van der Waals surface area contributed by atoms with Gasteiger partial charge in [-0.05, 0) is 60.9 Å². The summed E-state index contributed by atoms with van der Waals surface area (Å²) in [5, 5.41) is 3.81. The van der Waals surface area contributed by atoms with Crippen LogP contribution < -0.4 is 14.8 Å². The molecule has 3 aromatic rings. The van der Waals surface area contributed by atoms with E-state index in [2.05, 4.69) is 31.3 Å². The average Bonchev–Trinajstić information content (AvgIpc) is 2.68. The Morgan fingerprint density at radius 3 is 2.50 bits per heavy atom. The molecule has 0 aromatic heterocycles. The van der Waals surface area contributed by atoms with Crippen LogP contribution in [-0.4, -0.2) is 7.11 Å². The Morgan fingerprint density at radius 1 is 1.00 bits per heavy atom. The molecule has 0 fully saturated rings. The lowest BCUT2D eigenvalue weighted by Crippen LogP contribution is -2.03. The van der Waals surface area contributed by atoms with Crippen molar-refractivity contribution >= 4 is 17.3 Å². The highest BCUT2D eigenvalue weighted by molar-refractivity contribution is 6.32. The monoisotopic (exact) mass is 399 g/mol. The number of hydrogen-bond acceptors (Lipinski definition) is 3. The van der Waals surface area contributed by atoms with Crippen LogP contribution in [0.4, 0.5) is 10.1 Å². The molecular weight excluding hydrogens is 377 g/mol. The molecule has 0 atom stereocenters. The molecule has 3 rings (SSSR count). The van der Waals surface area contributed by atoms with E-state index in [9.17, 15) is 4.39 Å². The number of anilines is 1.